The van der Waals surface area contributed by atoms with Gasteiger partial charge in [-0.15, -0.1) is 0 Å². The smallest absolute Gasteiger partial charge is 0.251 e. The van der Waals surface area contributed by atoms with Crippen LogP contribution in [-0.4, -0.2) is 18.2 Å². The fraction of sp³-hybridized carbons (Fsp3) is 0.417. The van der Waals surface area contributed by atoms with E-state index in [9.17, 15) is 4.79 Å². The van der Waals surface area contributed by atoms with E-state index in [2.05, 4.69) is 11.6 Å². The van der Waals surface area contributed by atoms with Crippen LogP contribution in [0.5, 0.6) is 0 Å². The summed E-state index contributed by atoms with van der Waals surface area (Å²) < 4.78 is 0. The Labute approximate surface area is 95.5 Å². The second-order valence-corrected chi connectivity index (χ2v) is 4.63. The molecule has 3 heteroatoms. The fourth-order valence-corrected chi connectivity index (χ4v) is 1.83. The number of nitrogens with one attached hydrogen (secondary N) is 1. The van der Waals surface area contributed by atoms with Gasteiger partial charge < -0.3 is 5.32 Å². The summed E-state index contributed by atoms with van der Waals surface area (Å²) in [6.07, 6.45) is 2.06. The molecule has 0 unspecified atom stereocenters. The van der Waals surface area contributed by atoms with Crippen molar-refractivity contribution in [3.63, 3.8) is 0 Å². The molecule has 15 heavy (non-hydrogen) atoms. The third-order valence-corrected chi connectivity index (χ3v) is 2.54. The Hall–Kier alpha value is -0.960. The molecular weight excluding hydrogens is 206 g/mol. The average molecular weight is 223 g/mol. The quantitative estimate of drug-likeness (QED) is 0.850. The average Bonchev–Trinajstić information content (AvgIpc) is 2.17. The van der Waals surface area contributed by atoms with E-state index in [0.717, 1.165) is 11.3 Å². The maximum absolute atomic E-state index is 11.7. The molecule has 0 aliphatic heterocycles. The summed E-state index contributed by atoms with van der Waals surface area (Å²) in [5, 5.41) is 2.88. The van der Waals surface area contributed by atoms with Crippen molar-refractivity contribution in [2.45, 2.75) is 25.6 Å². The zero-order valence-electron chi connectivity index (χ0n) is 9.41. The molecular formula is C12H17NOS. The van der Waals surface area contributed by atoms with Crippen LogP contribution in [-0.2, 0) is 5.75 Å². The maximum atomic E-state index is 11.7. The van der Waals surface area contributed by atoms with Crippen molar-refractivity contribution in [1.29, 1.82) is 0 Å². The number of hydrogen-bond acceptors (Lipinski definition) is 2. The van der Waals surface area contributed by atoms with Gasteiger partial charge in [-0.05, 0) is 37.8 Å². The topological polar surface area (TPSA) is 29.1 Å². The molecule has 1 aromatic carbocycles. The lowest BCUT2D eigenvalue weighted by Gasteiger charge is -2.09. The number of carbonyl (C=O) groups is 1. The van der Waals surface area contributed by atoms with Gasteiger partial charge in [-0.25, -0.2) is 0 Å². The van der Waals surface area contributed by atoms with Gasteiger partial charge in [0.1, 0.15) is 0 Å². The van der Waals surface area contributed by atoms with E-state index in [0.29, 0.717) is 0 Å². The molecule has 0 aliphatic rings. The predicted octanol–water partition coefficient (Wildman–Crippen LogP) is 2.69. The summed E-state index contributed by atoms with van der Waals surface area (Å²) in [5.74, 6) is 0.955. The lowest BCUT2D eigenvalue weighted by Crippen LogP contribution is -2.30. The van der Waals surface area contributed by atoms with Gasteiger partial charge in [0.2, 0.25) is 0 Å². The molecule has 0 bridgehead atoms. The third-order valence-electron chi connectivity index (χ3n) is 1.92. The molecule has 2 nitrogen and oxygen atoms in total. The monoisotopic (exact) mass is 223 g/mol. The molecule has 1 aromatic rings. The molecule has 82 valence electrons. The molecule has 1 N–H and O–H groups in total. The van der Waals surface area contributed by atoms with Gasteiger partial charge in [-0.1, -0.05) is 12.1 Å². The lowest BCUT2D eigenvalue weighted by atomic mass is 10.1. The summed E-state index contributed by atoms with van der Waals surface area (Å²) in [6.45, 7) is 3.92. The van der Waals surface area contributed by atoms with Crippen molar-refractivity contribution >= 4 is 17.7 Å². The lowest BCUT2D eigenvalue weighted by molar-refractivity contribution is 0.0943. The number of hydrogen-bond donors (Lipinski definition) is 1. The van der Waals surface area contributed by atoms with Crippen LogP contribution in [0, 0.1) is 0 Å². The zero-order valence-corrected chi connectivity index (χ0v) is 10.2. The van der Waals surface area contributed by atoms with Crippen LogP contribution in [0.2, 0.25) is 0 Å². The minimum absolute atomic E-state index is 0.00736. The third kappa shape index (κ3) is 3.96. The van der Waals surface area contributed by atoms with Crippen LogP contribution >= 0.6 is 11.8 Å². The summed E-state index contributed by atoms with van der Waals surface area (Å²) in [6, 6.07) is 7.96. The van der Waals surface area contributed by atoms with Crippen molar-refractivity contribution in [2.24, 2.45) is 0 Å². The van der Waals surface area contributed by atoms with Gasteiger partial charge >= 0.3 is 0 Å². The Morgan fingerprint density at radius 3 is 2.80 bits per heavy atom. The number of carbonyl (C=O) groups excluding carboxylic acids is 1. The molecule has 0 spiro atoms. The normalized spacial score (nSPS) is 10.4. The van der Waals surface area contributed by atoms with Gasteiger partial charge in [0.05, 0.1) is 0 Å². The number of rotatable bonds is 4. The van der Waals surface area contributed by atoms with E-state index in [1.807, 2.05) is 38.1 Å². The summed E-state index contributed by atoms with van der Waals surface area (Å²) in [4.78, 5) is 11.7. The first-order valence-corrected chi connectivity index (χ1v) is 6.41. The highest BCUT2D eigenvalue weighted by Crippen LogP contribution is 2.11. The number of amides is 1. The Bertz CT molecular complexity index is 336. The molecule has 0 radical (unpaired) electrons. The molecule has 0 heterocycles. The second-order valence-electron chi connectivity index (χ2n) is 3.76. The molecule has 1 rings (SSSR count). The van der Waals surface area contributed by atoms with Gasteiger partial charge in [-0.2, -0.15) is 11.8 Å². The van der Waals surface area contributed by atoms with Crippen molar-refractivity contribution in [3.8, 4) is 0 Å². The molecule has 0 atom stereocenters. The van der Waals surface area contributed by atoms with E-state index in [1.165, 1.54) is 5.56 Å². The second kappa shape index (κ2) is 5.81. The van der Waals surface area contributed by atoms with Crippen molar-refractivity contribution in [1.82, 2.24) is 5.32 Å². The van der Waals surface area contributed by atoms with Crippen LogP contribution in [0.1, 0.15) is 29.8 Å². The first-order chi connectivity index (χ1) is 7.13. The Morgan fingerprint density at radius 2 is 2.20 bits per heavy atom. The van der Waals surface area contributed by atoms with Crippen molar-refractivity contribution < 1.29 is 4.79 Å². The Balaban J connectivity index is 2.76. The molecule has 1 amide bonds. The van der Waals surface area contributed by atoms with Gasteiger partial charge in [0.25, 0.3) is 5.91 Å². The van der Waals surface area contributed by atoms with Crippen LogP contribution in [0.15, 0.2) is 24.3 Å². The van der Waals surface area contributed by atoms with Crippen LogP contribution in [0.3, 0.4) is 0 Å². The standard InChI is InChI=1S/C12H17NOS/c1-9(2)13-12(14)11-6-4-5-10(7-11)8-15-3/h4-7,9H,8H2,1-3H3,(H,13,14). The van der Waals surface area contributed by atoms with Crippen LogP contribution in [0.4, 0.5) is 0 Å². The van der Waals surface area contributed by atoms with Crippen LogP contribution in [0.25, 0.3) is 0 Å². The molecule has 0 aromatic heterocycles. The van der Waals surface area contributed by atoms with E-state index in [1.54, 1.807) is 11.8 Å². The maximum Gasteiger partial charge on any atom is 0.251 e. The first kappa shape index (κ1) is 12.1. The summed E-state index contributed by atoms with van der Waals surface area (Å²) in [7, 11) is 0. The van der Waals surface area contributed by atoms with E-state index in [-0.39, 0.29) is 11.9 Å². The zero-order chi connectivity index (χ0) is 11.3. The van der Waals surface area contributed by atoms with Gasteiger partial charge in [0, 0.05) is 17.4 Å². The molecule has 0 saturated heterocycles. The first-order valence-electron chi connectivity index (χ1n) is 5.02. The molecule has 0 saturated carbocycles. The highest BCUT2D eigenvalue weighted by Gasteiger charge is 2.06. The van der Waals surface area contributed by atoms with E-state index in [4.69, 9.17) is 0 Å². The van der Waals surface area contributed by atoms with E-state index >= 15 is 0 Å². The SMILES string of the molecule is CSCc1cccc(C(=O)NC(C)C)c1. The molecule has 0 fully saturated rings. The number of thioether (sulfide) groups is 1. The highest BCUT2D eigenvalue weighted by atomic mass is 32.2. The minimum atomic E-state index is 0.00736. The largest absolute Gasteiger partial charge is 0.350 e. The van der Waals surface area contributed by atoms with Gasteiger partial charge in [0.15, 0.2) is 0 Å². The summed E-state index contributed by atoms with van der Waals surface area (Å²) in [5.41, 5.74) is 1.94. The van der Waals surface area contributed by atoms with Crippen molar-refractivity contribution in [3.05, 3.63) is 35.4 Å². The highest BCUT2D eigenvalue weighted by molar-refractivity contribution is 7.97. The summed E-state index contributed by atoms with van der Waals surface area (Å²) >= 11 is 1.76. The van der Waals surface area contributed by atoms with Gasteiger partial charge in [-0.3, -0.25) is 4.79 Å². The van der Waals surface area contributed by atoms with E-state index < -0.39 is 0 Å². The molecule has 0 aliphatic carbocycles. The minimum Gasteiger partial charge on any atom is -0.350 e. The van der Waals surface area contributed by atoms with Crippen molar-refractivity contribution in [2.75, 3.05) is 6.26 Å². The van der Waals surface area contributed by atoms with Crippen LogP contribution < -0.4 is 5.32 Å². The predicted molar refractivity (Wildman–Crippen MR) is 66.3 cm³/mol. The Morgan fingerprint density at radius 1 is 1.47 bits per heavy atom. The number of benzene rings is 1. The Kier molecular flexibility index (Phi) is 4.69. The fourth-order valence-electron chi connectivity index (χ4n) is 1.31.